The van der Waals surface area contributed by atoms with Crippen LogP contribution in [0.3, 0.4) is 0 Å². The Bertz CT molecular complexity index is 512. The summed E-state index contributed by atoms with van der Waals surface area (Å²) in [6.45, 7) is 2.12. The molecule has 0 aliphatic rings. The first-order chi connectivity index (χ1) is 8.72. The summed E-state index contributed by atoms with van der Waals surface area (Å²) in [5.41, 5.74) is 6.74. The van der Waals surface area contributed by atoms with Crippen molar-refractivity contribution in [2.75, 3.05) is 0 Å². The molecule has 18 heavy (non-hydrogen) atoms. The summed E-state index contributed by atoms with van der Waals surface area (Å²) in [5.74, 6) is 0.959. The quantitative estimate of drug-likeness (QED) is 0.897. The molecule has 2 rings (SSSR count). The molecule has 1 unspecified atom stereocenters. The van der Waals surface area contributed by atoms with Gasteiger partial charge < -0.3 is 10.3 Å². The number of rotatable bonds is 5. The third-order valence-corrected chi connectivity index (χ3v) is 3.07. The minimum atomic E-state index is -0.200. The summed E-state index contributed by atoms with van der Waals surface area (Å²) in [4.78, 5) is 4.31. The van der Waals surface area contributed by atoms with E-state index in [1.165, 1.54) is 0 Å². The van der Waals surface area contributed by atoms with Gasteiger partial charge in [-0.05, 0) is 18.6 Å². The van der Waals surface area contributed by atoms with Crippen molar-refractivity contribution < 1.29 is 4.52 Å². The topological polar surface area (TPSA) is 64.9 Å². The zero-order valence-corrected chi connectivity index (χ0v) is 11.0. The molecule has 0 aliphatic heterocycles. The molecular weight excluding hydrogens is 250 g/mol. The van der Waals surface area contributed by atoms with Crippen molar-refractivity contribution in [2.45, 2.75) is 32.2 Å². The molecule has 0 saturated carbocycles. The molecule has 4 nitrogen and oxygen atoms in total. The van der Waals surface area contributed by atoms with Gasteiger partial charge in [-0.15, -0.1) is 0 Å². The lowest BCUT2D eigenvalue weighted by Gasteiger charge is -2.03. The summed E-state index contributed by atoms with van der Waals surface area (Å²) in [5, 5.41) is 4.53. The third kappa shape index (κ3) is 2.89. The van der Waals surface area contributed by atoms with Crippen molar-refractivity contribution in [3.8, 4) is 11.4 Å². The van der Waals surface area contributed by atoms with E-state index in [9.17, 15) is 0 Å². The molecule has 0 bridgehead atoms. The molecular formula is C13H16ClN3O. The molecule has 0 fully saturated rings. The summed E-state index contributed by atoms with van der Waals surface area (Å²) in [6, 6.07) is 7.20. The van der Waals surface area contributed by atoms with Crippen LogP contribution in [-0.4, -0.2) is 10.1 Å². The minimum Gasteiger partial charge on any atom is -0.337 e. The average molecular weight is 266 g/mol. The minimum absolute atomic E-state index is 0.200. The fourth-order valence-electron chi connectivity index (χ4n) is 1.69. The SMILES string of the molecule is CCCCC(N)c1nc(-c2ccccc2Cl)no1. The zero-order valence-electron chi connectivity index (χ0n) is 10.3. The van der Waals surface area contributed by atoms with Crippen LogP contribution in [0.25, 0.3) is 11.4 Å². The van der Waals surface area contributed by atoms with E-state index in [-0.39, 0.29) is 6.04 Å². The Labute approximate surface area is 111 Å². The highest BCUT2D eigenvalue weighted by atomic mass is 35.5. The second kappa shape index (κ2) is 5.98. The second-order valence-electron chi connectivity index (χ2n) is 4.18. The molecule has 1 heterocycles. The highest BCUT2D eigenvalue weighted by Crippen LogP contribution is 2.26. The lowest BCUT2D eigenvalue weighted by Crippen LogP contribution is -2.10. The zero-order chi connectivity index (χ0) is 13.0. The first-order valence-electron chi connectivity index (χ1n) is 6.06. The maximum atomic E-state index is 6.08. The third-order valence-electron chi connectivity index (χ3n) is 2.74. The maximum Gasteiger partial charge on any atom is 0.243 e. The van der Waals surface area contributed by atoms with Crippen LogP contribution in [0.1, 0.15) is 38.1 Å². The number of nitrogens with zero attached hydrogens (tertiary/aromatic N) is 2. The standard InChI is InChI=1S/C13H16ClN3O/c1-2-3-8-11(15)13-16-12(17-18-13)9-6-4-5-7-10(9)14/h4-7,11H,2-3,8,15H2,1H3. The van der Waals surface area contributed by atoms with Crippen molar-refractivity contribution in [3.63, 3.8) is 0 Å². The number of aromatic nitrogens is 2. The van der Waals surface area contributed by atoms with E-state index in [0.717, 1.165) is 24.8 Å². The summed E-state index contributed by atoms with van der Waals surface area (Å²) < 4.78 is 5.19. The molecule has 1 atom stereocenters. The first kappa shape index (κ1) is 13.1. The van der Waals surface area contributed by atoms with Crippen molar-refractivity contribution >= 4 is 11.6 Å². The van der Waals surface area contributed by atoms with Crippen LogP contribution in [0.4, 0.5) is 0 Å². The lowest BCUT2D eigenvalue weighted by atomic mass is 10.1. The molecule has 0 radical (unpaired) electrons. The van der Waals surface area contributed by atoms with Gasteiger partial charge in [0.2, 0.25) is 11.7 Å². The largest absolute Gasteiger partial charge is 0.337 e. The van der Waals surface area contributed by atoms with E-state index in [1.807, 2.05) is 18.2 Å². The van der Waals surface area contributed by atoms with Crippen molar-refractivity contribution in [2.24, 2.45) is 5.73 Å². The van der Waals surface area contributed by atoms with Crippen LogP contribution in [0.15, 0.2) is 28.8 Å². The van der Waals surface area contributed by atoms with Crippen molar-refractivity contribution in [1.82, 2.24) is 10.1 Å². The van der Waals surface area contributed by atoms with Gasteiger partial charge in [-0.3, -0.25) is 0 Å². The Morgan fingerprint density at radius 1 is 1.39 bits per heavy atom. The predicted molar refractivity (Wildman–Crippen MR) is 71.2 cm³/mol. The van der Waals surface area contributed by atoms with E-state index in [0.29, 0.717) is 16.7 Å². The van der Waals surface area contributed by atoms with E-state index in [1.54, 1.807) is 6.07 Å². The highest BCUT2D eigenvalue weighted by Gasteiger charge is 2.16. The Balaban J connectivity index is 2.18. The second-order valence-corrected chi connectivity index (χ2v) is 4.59. The first-order valence-corrected chi connectivity index (χ1v) is 6.44. The van der Waals surface area contributed by atoms with Crippen LogP contribution in [0.2, 0.25) is 5.02 Å². The molecule has 96 valence electrons. The Morgan fingerprint density at radius 3 is 2.89 bits per heavy atom. The number of unbranched alkanes of at least 4 members (excludes halogenated alkanes) is 1. The van der Waals surface area contributed by atoms with E-state index < -0.39 is 0 Å². The smallest absolute Gasteiger partial charge is 0.243 e. The van der Waals surface area contributed by atoms with Gasteiger partial charge in [0.1, 0.15) is 0 Å². The number of halogens is 1. The lowest BCUT2D eigenvalue weighted by molar-refractivity contribution is 0.346. The van der Waals surface area contributed by atoms with E-state index >= 15 is 0 Å². The summed E-state index contributed by atoms with van der Waals surface area (Å²) >= 11 is 6.08. The number of nitrogens with two attached hydrogens (primary N) is 1. The molecule has 0 aliphatic carbocycles. The molecule has 1 aromatic heterocycles. The molecule has 0 saturated heterocycles. The molecule has 2 N–H and O–H groups in total. The van der Waals surface area contributed by atoms with E-state index in [4.69, 9.17) is 21.9 Å². The number of hydrogen-bond acceptors (Lipinski definition) is 4. The summed E-state index contributed by atoms with van der Waals surface area (Å²) in [7, 11) is 0. The molecule has 2 aromatic rings. The Hall–Kier alpha value is -1.39. The molecule has 0 spiro atoms. The maximum absolute atomic E-state index is 6.08. The van der Waals surface area contributed by atoms with Gasteiger partial charge in [0.25, 0.3) is 0 Å². The number of benzene rings is 1. The van der Waals surface area contributed by atoms with E-state index in [2.05, 4.69) is 17.1 Å². The molecule has 1 aromatic carbocycles. The van der Waals surface area contributed by atoms with Crippen LogP contribution in [-0.2, 0) is 0 Å². The normalized spacial score (nSPS) is 12.6. The van der Waals surface area contributed by atoms with Crippen molar-refractivity contribution in [3.05, 3.63) is 35.2 Å². The van der Waals surface area contributed by atoms with Gasteiger partial charge in [0.05, 0.1) is 11.1 Å². The van der Waals surface area contributed by atoms with Gasteiger partial charge in [0, 0.05) is 5.56 Å². The monoisotopic (exact) mass is 265 g/mol. The summed E-state index contributed by atoms with van der Waals surface area (Å²) in [6.07, 6.45) is 2.99. The predicted octanol–water partition coefficient (Wildman–Crippen LogP) is 3.58. The Kier molecular flexibility index (Phi) is 4.33. The number of hydrogen-bond donors (Lipinski definition) is 1. The van der Waals surface area contributed by atoms with Crippen molar-refractivity contribution in [1.29, 1.82) is 0 Å². The highest BCUT2D eigenvalue weighted by molar-refractivity contribution is 6.33. The molecule has 0 amide bonds. The average Bonchev–Trinajstić information content (AvgIpc) is 2.86. The van der Waals surface area contributed by atoms with Gasteiger partial charge in [-0.1, -0.05) is 48.7 Å². The van der Waals surface area contributed by atoms with Crippen LogP contribution >= 0.6 is 11.6 Å². The van der Waals surface area contributed by atoms with Crippen LogP contribution in [0.5, 0.6) is 0 Å². The van der Waals surface area contributed by atoms with Crippen LogP contribution in [0, 0.1) is 0 Å². The van der Waals surface area contributed by atoms with Gasteiger partial charge in [0.15, 0.2) is 0 Å². The van der Waals surface area contributed by atoms with Gasteiger partial charge in [-0.2, -0.15) is 4.98 Å². The Morgan fingerprint density at radius 2 is 2.17 bits per heavy atom. The fraction of sp³-hybridized carbons (Fsp3) is 0.385. The van der Waals surface area contributed by atoms with Gasteiger partial charge >= 0.3 is 0 Å². The van der Waals surface area contributed by atoms with Crippen LogP contribution < -0.4 is 5.73 Å². The molecule has 5 heteroatoms. The van der Waals surface area contributed by atoms with Gasteiger partial charge in [-0.25, -0.2) is 0 Å². The fourth-order valence-corrected chi connectivity index (χ4v) is 1.91.